The normalized spacial score (nSPS) is 14.9. The third-order valence-corrected chi connectivity index (χ3v) is 3.73. The number of fused-ring (bicyclic) bond motifs is 1. The first-order valence-electron chi connectivity index (χ1n) is 7.49. The number of rotatable bonds is 3. The molecule has 1 aliphatic heterocycles. The molecule has 1 aromatic heterocycles. The molecule has 2 aromatic rings. The molecular weight excluding hydrogens is 262 g/mol. The van der Waals surface area contributed by atoms with E-state index in [0.29, 0.717) is 6.54 Å². The van der Waals surface area contributed by atoms with Crippen molar-refractivity contribution >= 4 is 5.96 Å². The Morgan fingerprint density at radius 1 is 1.24 bits per heavy atom. The lowest BCUT2D eigenvalue weighted by Crippen LogP contribution is -2.44. The second-order valence-corrected chi connectivity index (χ2v) is 5.19. The van der Waals surface area contributed by atoms with Gasteiger partial charge in [-0.05, 0) is 36.6 Å². The molecule has 110 valence electrons. The maximum Gasteiger partial charge on any atom is 0.194 e. The van der Waals surface area contributed by atoms with E-state index in [-0.39, 0.29) is 0 Å². The number of guanidine groups is 1. The molecular formula is C17H21N3O. The van der Waals surface area contributed by atoms with Gasteiger partial charge in [-0.25, -0.2) is 4.99 Å². The molecule has 2 heterocycles. The van der Waals surface area contributed by atoms with Gasteiger partial charge in [-0.15, -0.1) is 0 Å². The van der Waals surface area contributed by atoms with E-state index >= 15 is 0 Å². The summed E-state index contributed by atoms with van der Waals surface area (Å²) in [6.07, 6.45) is 2.76. The van der Waals surface area contributed by atoms with Crippen LogP contribution >= 0.6 is 0 Å². The van der Waals surface area contributed by atoms with Gasteiger partial charge in [0.2, 0.25) is 0 Å². The average molecular weight is 283 g/mol. The molecule has 4 nitrogen and oxygen atoms in total. The van der Waals surface area contributed by atoms with Crippen LogP contribution in [0.15, 0.2) is 52.1 Å². The van der Waals surface area contributed by atoms with Crippen molar-refractivity contribution in [3.8, 4) is 0 Å². The van der Waals surface area contributed by atoms with Gasteiger partial charge in [0.15, 0.2) is 5.96 Å². The van der Waals surface area contributed by atoms with Crippen molar-refractivity contribution in [1.82, 2.24) is 10.2 Å². The lowest BCUT2D eigenvalue weighted by molar-refractivity contribution is 0.377. The van der Waals surface area contributed by atoms with Crippen molar-refractivity contribution in [3.05, 3.63) is 59.5 Å². The number of nitrogens with one attached hydrogen (secondary N) is 1. The molecule has 21 heavy (non-hydrogen) atoms. The Kier molecular flexibility index (Phi) is 4.24. The number of hydrogen-bond donors (Lipinski definition) is 1. The standard InChI is InChI=1S/C17H21N3O/c1-2-18-17(19-12-16-8-5-11-21-16)20-10-9-14-6-3-4-7-15(14)13-20/h3-8,11H,2,9-10,12-13H2,1H3,(H,18,19). The predicted molar refractivity (Wildman–Crippen MR) is 84.1 cm³/mol. The lowest BCUT2D eigenvalue weighted by atomic mass is 10.0. The van der Waals surface area contributed by atoms with Gasteiger partial charge in [0, 0.05) is 19.6 Å². The summed E-state index contributed by atoms with van der Waals surface area (Å²) in [6, 6.07) is 12.5. The highest BCUT2D eigenvalue weighted by Gasteiger charge is 2.18. The SMILES string of the molecule is CCNC(=NCc1ccco1)N1CCc2ccccc2C1. The van der Waals surface area contributed by atoms with Crippen LogP contribution in [-0.4, -0.2) is 23.9 Å². The fourth-order valence-electron chi connectivity index (χ4n) is 2.66. The molecule has 0 aliphatic carbocycles. The van der Waals surface area contributed by atoms with Crippen molar-refractivity contribution in [2.75, 3.05) is 13.1 Å². The second kappa shape index (κ2) is 6.48. The quantitative estimate of drug-likeness (QED) is 0.695. The molecule has 0 spiro atoms. The molecule has 0 unspecified atom stereocenters. The Bertz CT molecular complexity index is 604. The van der Waals surface area contributed by atoms with Gasteiger partial charge in [-0.2, -0.15) is 0 Å². The maximum absolute atomic E-state index is 5.35. The van der Waals surface area contributed by atoms with Crippen LogP contribution in [0.4, 0.5) is 0 Å². The minimum atomic E-state index is 0.577. The molecule has 0 atom stereocenters. The predicted octanol–water partition coefficient (Wildman–Crippen LogP) is 2.80. The Hall–Kier alpha value is -2.23. The van der Waals surface area contributed by atoms with E-state index in [4.69, 9.17) is 9.41 Å². The van der Waals surface area contributed by atoms with E-state index in [1.165, 1.54) is 11.1 Å². The second-order valence-electron chi connectivity index (χ2n) is 5.19. The zero-order valence-corrected chi connectivity index (χ0v) is 12.4. The summed E-state index contributed by atoms with van der Waals surface area (Å²) in [5, 5.41) is 3.38. The van der Waals surface area contributed by atoms with Crippen LogP contribution in [0.25, 0.3) is 0 Å². The van der Waals surface area contributed by atoms with E-state index in [1.807, 2.05) is 12.1 Å². The van der Waals surface area contributed by atoms with Crippen molar-refractivity contribution in [2.24, 2.45) is 4.99 Å². The van der Waals surface area contributed by atoms with Gasteiger partial charge in [0.05, 0.1) is 6.26 Å². The van der Waals surface area contributed by atoms with Crippen molar-refractivity contribution in [3.63, 3.8) is 0 Å². The number of hydrogen-bond acceptors (Lipinski definition) is 2. The van der Waals surface area contributed by atoms with Crippen LogP contribution in [0, 0.1) is 0 Å². The third kappa shape index (κ3) is 3.27. The zero-order chi connectivity index (χ0) is 14.5. The van der Waals surface area contributed by atoms with Crippen molar-refractivity contribution in [2.45, 2.75) is 26.4 Å². The first-order valence-corrected chi connectivity index (χ1v) is 7.49. The molecule has 0 radical (unpaired) electrons. The number of nitrogens with zero attached hydrogens (tertiary/aromatic N) is 2. The highest BCUT2D eigenvalue weighted by molar-refractivity contribution is 5.80. The maximum atomic E-state index is 5.35. The van der Waals surface area contributed by atoms with Crippen LogP contribution < -0.4 is 5.32 Å². The molecule has 1 aromatic carbocycles. The Balaban J connectivity index is 1.74. The fraction of sp³-hybridized carbons (Fsp3) is 0.353. The Morgan fingerprint density at radius 3 is 2.86 bits per heavy atom. The number of benzene rings is 1. The minimum absolute atomic E-state index is 0.577. The zero-order valence-electron chi connectivity index (χ0n) is 12.4. The molecule has 0 saturated carbocycles. The van der Waals surface area contributed by atoms with E-state index in [9.17, 15) is 0 Å². The number of aliphatic imine (C=N–C) groups is 1. The van der Waals surface area contributed by atoms with Crippen LogP contribution in [0.2, 0.25) is 0 Å². The summed E-state index contributed by atoms with van der Waals surface area (Å²) in [4.78, 5) is 7.00. The van der Waals surface area contributed by atoms with Gasteiger partial charge in [-0.1, -0.05) is 24.3 Å². The highest BCUT2D eigenvalue weighted by Crippen LogP contribution is 2.18. The largest absolute Gasteiger partial charge is 0.467 e. The minimum Gasteiger partial charge on any atom is -0.467 e. The molecule has 0 amide bonds. The molecule has 1 aliphatic rings. The van der Waals surface area contributed by atoms with Crippen LogP contribution in [0.5, 0.6) is 0 Å². The highest BCUT2D eigenvalue weighted by atomic mass is 16.3. The van der Waals surface area contributed by atoms with E-state index in [2.05, 4.69) is 41.4 Å². The van der Waals surface area contributed by atoms with E-state index < -0.39 is 0 Å². The van der Waals surface area contributed by atoms with Gasteiger partial charge >= 0.3 is 0 Å². The van der Waals surface area contributed by atoms with E-state index in [1.54, 1.807) is 6.26 Å². The van der Waals surface area contributed by atoms with Gasteiger partial charge < -0.3 is 14.6 Å². The summed E-state index contributed by atoms with van der Waals surface area (Å²) < 4.78 is 5.35. The number of furan rings is 1. The summed E-state index contributed by atoms with van der Waals surface area (Å²) in [6.45, 7) is 5.46. The molecule has 3 rings (SSSR count). The smallest absolute Gasteiger partial charge is 0.194 e. The van der Waals surface area contributed by atoms with Crippen LogP contribution in [0.1, 0.15) is 23.8 Å². The molecule has 0 bridgehead atoms. The molecule has 1 N–H and O–H groups in total. The summed E-state index contributed by atoms with van der Waals surface area (Å²) in [7, 11) is 0. The van der Waals surface area contributed by atoms with E-state index in [0.717, 1.165) is 37.8 Å². The van der Waals surface area contributed by atoms with Crippen LogP contribution in [0.3, 0.4) is 0 Å². The first kappa shape index (κ1) is 13.7. The Morgan fingerprint density at radius 2 is 2.10 bits per heavy atom. The summed E-state index contributed by atoms with van der Waals surface area (Å²) in [5.74, 6) is 1.85. The van der Waals surface area contributed by atoms with Gasteiger partial charge in [0.25, 0.3) is 0 Å². The molecule has 0 fully saturated rings. The third-order valence-electron chi connectivity index (χ3n) is 3.73. The Labute approximate surface area is 125 Å². The fourth-order valence-corrected chi connectivity index (χ4v) is 2.66. The summed E-state index contributed by atoms with van der Waals surface area (Å²) in [5.41, 5.74) is 2.85. The van der Waals surface area contributed by atoms with Gasteiger partial charge in [-0.3, -0.25) is 0 Å². The monoisotopic (exact) mass is 283 g/mol. The first-order chi connectivity index (χ1) is 10.4. The molecule has 0 saturated heterocycles. The lowest BCUT2D eigenvalue weighted by Gasteiger charge is -2.31. The van der Waals surface area contributed by atoms with Gasteiger partial charge in [0.1, 0.15) is 12.3 Å². The molecule has 4 heteroatoms. The van der Waals surface area contributed by atoms with Crippen molar-refractivity contribution < 1.29 is 4.42 Å². The average Bonchev–Trinajstić information content (AvgIpc) is 3.04. The topological polar surface area (TPSA) is 40.8 Å². The van der Waals surface area contributed by atoms with Crippen molar-refractivity contribution in [1.29, 1.82) is 0 Å². The van der Waals surface area contributed by atoms with Crippen LogP contribution in [-0.2, 0) is 19.5 Å². The summed E-state index contributed by atoms with van der Waals surface area (Å²) >= 11 is 0.